The smallest absolute Gasteiger partial charge is 0.447 e. The van der Waals surface area contributed by atoms with Gasteiger partial charge in [-0.15, -0.1) is 0 Å². The number of nitrogens with one attached hydrogen (secondary N) is 2. The van der Waals surface area contributed by atoms with Gasteiger partial charge in [0, 0.05) is 31.0 Å². The number of nitrogens with zero attached hydrogens (tertiary/aromatic N) is 2. The van der Waals surface area contributed by atoms with Crippen molar-refractivity contribution in [2.75, 3.05) is 57.6 Å². The summed E-state index contributed by atoms with van der Waals surface area (Å²) in [6, 6.07) is 9.26. The highest BCUT2D eigenvalue weighted by Gasteiger charge is 2.33. The first-order valence-electron chi connectivity index (χ1n) is 13.3. The van der Waals surface area contributed by atoms with Crippen molar-refractivity contribution in [3.63, 3.8) is 0 Å². The molecule has 2 aliphatic rings. The number of likely N-dealkylation sites (tertiary alicyclic amines) is 1. The van der Waals surface area contributed by atoms with E-state index in [0.717, 1.165) is 0 Å². The van der Waals surface area contributed by atoms with Crippen LogP contribution in [0.2, 0.25) is 0 Å². The number of anilines is 2. The van der Waals surface area contributed by atoms with Crippen LogP contribution in [0.4, 0.5) is 28.9 Å². The minimum absolute atomic E-state index is 0.0503. The number of alkyl halides is 4. The number of ether oxygens (including phenoxy) is 3. The number of aromatic nitrogens is 1. The zero-order chi connectivity index (χ0) is 29.9. The number of halogens is 4. The van der Waals surface area contributed by atoms with Crippen molar-refractivity contribution in [2.24, 2.45) is 0 Å². The molecule has 0 unspecified atom stereocenters. The van der Waals surface area contributed by atoms with Gasteiger partial charge in [0.05, 0.1) is 60.9 Å². The molecule has 2 fully saturated rings. The molecule has 8 nitrogen and oxygen atoms in total. The number of hydrogen-bond acceptors (Lipinski definition) is 8. The minimum atomic E-state index is -4.55. The Kier molecular flexibility index (Phi) is 9.05. The fraction of sp³-hybridized carbons (Fsp3) is 0.414. The topological polar surface area (TPSA) is 76.5 Å². The molecule has 224 valence electrons. The van der Waals surface area contributed by atoms with Crippen LogP contribution in [0.25, 0.3) is 5.52 Å². The third kappa shape index (κ3) is 7.06. The molecule has 2 aliphatic heterocycles. The Balaban J connectivity index is 1.40. The molecule has 0 aliphatic carbocycles. The molecule has 0 spiro atoms. The van der Waals surface area contributed by atoms with E-state index in [4.69, 9.17) is 14.2 Å². The molecule has 5 rings (SSSR count). The summed E-state index contributed by atoms with van der Waals surface area (Å²) in [5, 5.41) is 6.21. The summed E-state index contributed by atoms with van der Waals surface area (Å²) < 4.78 is 72.7. The van der Waals surface area contributed by atoms with E-state index in [9.17, 15) is 22.4 Å². The number of thioether (sulfide) groups is 1. The Bertz CT molecular complexity index is 1500. The molecule has 2 atom stereocenters. The number of methoxy groups -OCH3 is 1. The number of fused-ring (bicyclic) bond motifs is 1. The lowest BCUT2D eigenvalue weighted by atomic mass is 10.0. The van der Waals surface area contributed by atoms with Crippen LogP contribution < -0.4 is 15.4 Å². The van der Waals surface area contributed by atoms with E-state index in [1.54, 1.807) is 36.4 Å². The average molecular weight is 607 g/mol. The van der Waals surface area contributed by atoms with E-state index in [1.165, 1.54) is 17.7 Å². The van der Waals surface area contributed by atoms with E-state index in [1.807, 2.05) is 11.9 Å². The van der Waals surface area contributed by atoms with Gasteiger partial charge in [-0.3, -0.25) is 0 Å². The first kappa shape index (κ1) is 29.9. The Morgan fingerprint density at radius 3 is 2.71 bits per heavy atom. The highest BCUT2D eigenvalue weighted by molar-refractivity contribution is 8.00. The summed E-state index contributed by atoms with van der Waals surface area (Å²) in [5.74, 6) is 5.70. The number of rotatable bonds is 8. The van der Waals surface area contributed by atoms with Gasteiger partial charge in [-0.05, 0) is 49.9 Å². The molecular formula is C29H30F4N4O4S. The molecule has 3 aromatic rings. The normalized spacial score (nSPS) is 19.5. The zero-order valence-electron chi connectivity index (χ0n) is 23.0. The van der Waals surface area contributed by atoms with Gasteiger partial charge in [0.25, 0.3) is 0 Å². The lowest BCUT2D eigenvalue weighted by molar-refractivity contribution is -0.0794. The summed E-state index contributed by atoms with van der Waals surface area (Å²) in [5.41, 5.74) is -2.58. The summed E-state index contributed by atoms with van der Waals surface area (Å²) in [7, 11) is 3.13. The first-order chi connectivity index (χ1) is 20.1. The number of pyridine rings is 1. The van der Waals surface area contributed by atoms with Crippen molar-refractivity contribution in [3.05, 3.63) is 53.7 Å². The molecule has 1 aromatic carbocycles. The lowest BCUT2D eigenvalue weighted by Crippen LogP contribution is -2.46. The largest absolute Gasteiger partial charge is 0.483 e. The second-order valence-corrected chi connectivity index (χ2v) is 11.1. The molecule has 13 heteroatoms. The molecule has 4 heterocycles. The van der Waals surface area contributed by atoms with Crippen molar-refractivity contribution < 1.29 is 36.6 Å². The fourth-order valence-electron chi connectivity index (χ4n) is 4.77. The van der Waals surface area contributed by atoms with E-state index < -0.39 is 23.7 Å². The molecule has 42 heavy (non-hydrogen) atoms. The number of carbonyl (C=O) groups excluding carboxylic acids is 1. The predicted molar refractivity (Wildman–Crippen MR) is 152 cm³/mol. The zero-order valence-corrected chi connectivity index (χ0v) is 23.8. The molecule has 0 saturated carbocycles. The summed E-state index contributed by atoms with van der Waals surface area (Å²) in [4.78, 5) is 13.9. The predicted octanol–water partition coefficient (Wildman–Crippen LogP) is 5.03. The monoisotopic (exact) mass is 606 g/mol. The summed E-state index contributed by atoms with van der Waals surface area (Å²) >= 11 is -0.252. The fourth-order valence-corrected chi connectivity index (χ4v) is 5.47. The number of benzene rings is 1. The van der Waals surface area contributed by atoms with Crippen LogP contribution in [0, 0.1) is 11.8 Å². The molecule has 0 radical (unpaired) electrons. The molecule has 2 aromatic heterocycles. The van der Waals surface area contributed by atoms with E-state index in [-0.39, 0.29) is 41.5 Å². The maximum atomic E-state index is 14.7. The quantitative estimate of drug-likeness (QED) is 0.160. The Labute approximate surface area is 244 Å². The average Bonchev–Trinajstić information content (AvgIpc) is 3.26. The van der Waals surface area contributed by atoms with E-state index in [0.29, 0.717) is 54.4 Å². The van der Waals surface area contributed by atoms with Gasteiger partial charge >= 0.3 is 11.5 Å². The lowest BCUT2D eigenvalue weighted by Gasteiger charge is -2.33. The van der Waals surface area contributed by atoms with Crippen molar-refractivity contribution in [1.29, 1.82) is 0 Å². The van der Waals surface area contributed by atoms with Crippen LogP contribution in [0.1, 0.15) is 22.3 Å². The molecule has 2 saturated heterocycles. The highest BCUT2D eigenvalue weighted by Crippen LogP contribution is 2.41. The van der Waals surface area contributed by atoms with Gasteiger partial charge in [-0.1, -0.05) is 11.8 Å². The van der Waals surface area contributed by atoms with Crippen molar-refractivity contribution in [3.8, 4) is 17.6 Å². The first-order valence-corrected chi connectivity index (χ1v) is 14.1. The Morgan fingerprint density at radius 2 is 2.02 bits per heavy atom. The Morgan fingerprint density at radius 1 is 1.21 bits per heavy atom. The van der Waals surface area contributed by atoms with E-state index >= 15 is 0 Å². The van der Waals surface area contributed by atoms with Gasteiger partial charge < -0.3 is 34.1 Å². The van der Waals surface area contributed by atoms with Crippen LogP contribution in [0.3, 0.4) is 0 Å². The second-order valence-electron chi connectivity index (χ2n) is 10.0. The standard InChI is InChI=1S/C29H30F4N4O4S/c1-36-12-9-22(21(30)15-36)35-23-6-4-11-37-25(23)14-18(27(37)42-29(31,32)33)5-3-10-34-24-13-19(28(38)39-2)7-8-26(24)41-20-16-40-17-20/h4,6-8,11,13-14,20-22,34-35H,9-10,12,15-17H2,1-2H3/t21-,22+/m0/s1. The molecular weight excluding hydrogens is 576 g/mol. The third-order valence-corrected chi connectivity index (χ3v) is 7.80. The van der Waals surface area contributed by atoms with Gasteiger partial charge in [0.1, 0.15) is 23.1 Å². The highest BCUT2D eigenvalue weighted by atomic mass is 32.2. The number of carbonyl (C=O) groups is 1. The molecule has 2 N–H and O–H groups in total. The third-order valence-electron chi connectivity index (χ3n) is 6.95. The van der Waals surface area contributed by atoms with Gasteiger partial charge in [-0.2, -0.15) is 13.2 Å². The maximum Gasteiger partial charge on any atom is 0.447 e. The Hall–Kier alpha value is -3.60. The molecule has 0 amide bonds. The number of piperidine rings is 1. The van der Waals surface area contributed by atoms with Crippen LogP contribution in [-0.2, 0) is 9.47 Å². The van der Waals surface area contributed by atoms with Crippen LogP contribution >= 0.6 is 11.8 Å². The SMILES string of the molecule is COC(=O)c1ccc(OC2COC2)c(NCC#Cc2cc3c(N[C@@H]4CCN(C)C[C@@H]4F)cccn3c2SC(F)(F)F)c1. The van der Waals surface area contributed by atoms with Crippen molar-refractivity contribution in [2.45, 2.75) is 35.3 Å². The van der Waals surface area contributed by atoms with Crippen LogP contribution in [0.5, 0.6) is 5.75 Å². The minimum Gasteiger partial charge on any atom is -0.483 e. The van der Waals surface area contributed by atoms with Gasteiger partial charge in [-0.25, -0.2) is 9.18 Å². The summed E-state index contributed by atoms with van der Waals surface area (Å²) in [6.07, 6.45) is 0.864. The van der Waals surface area contributed by atoms with Crippen LogP contribution in [0.15, 0.2) is 47.6 Å². The second kappa shape index (κ2) is 12.7. The maximum absolute atomic E-state index is 14.7. The summed E-state index contributed by atoms with van der Waals surface area (Å²) in [6.45, 7) is 1.94. The molecule has 0 bridgehead atoms. The van der Waals surface area contributed by atoms with Crippen LogP contribution in [-0.4, -0.2) is 86.1 Å². The van der Waals surface area contributed by atoms with Gasteiger partial charge in [0.15, 0.2) is 0 Å². The number of esters is 1. The number of hydrogen-bond donors (Lipinski definition) is 2. The van der Waals surface area contributed by atoms with Crippen molar-refractivity contribution >= 4 is 34.6 Å². The van der Waals surface area contributed by atoms with Gasteiger partial charge in [0.2, 0.25) is 0 Å². The van der Waals surface area contributed by atoms with E-state index in [2.05, 4.69) is 22.5 Å². The van der Waals surface area contributed by atoms with Crippen molar-refractivity contribution in [1.82, 2.24) is 9.30 Å².